The van der Waals surface area contributed by atoms with Gasteiger partial charge >= 0.3 is 6.18 Å². The lowest BCUT2D eigenvalue weighted by Gasteiger charge is -2.56. The molecule has 2 aromatic rings. The van der Waals surface area contributed by atoms with Gasteiger partial charge in [0, 0.05) is 13.0 Å². The fourth-order valence-corrected chi connectivity index (χ4v) is 7.89. The van der Waals surface area contributed by atoms with Crippen molar-refractivity contribution >= 4 is 11.7 Å². The summed E-state index contributed by atoms with van der Waals surface area (Å²) in [6, 6.07) is 2.51. The molecule has 1 aliphatic heterocycles. The van der Waals surface area contributed by atoms with Crippen LogP contribution in [0.4, 0.5) is 19.0 Å². The third-order valence-corrected chi connectivity index (χ3v) is 9.08. The third-order valence-electron chi connectivity index (χ3n) is 9.08. The number of ether oxygens (including phenoxy) is 2. The van der Waals surface area contributed by atoms with Crippen molar-refractivity contribution in [2.75, 3.05) is 26.1 Å². The van der Waals surface area contributed by atoms with Gasteiger partial charge in [0.25, 0.3) is 5.91 Å². The number of carbonyl (C=O) groups is 1. The smallest absolute Gasteiger partial charge is 0.410 e. The van der Waals surface area contributed by atoms with Crippen molar-refractivity contribution in [3.05, 3.63) is 35.5 Å². The van der Waals surface area contributed by atoms with Gasteiger partial charge in [0.1, 0.15) is 11.4 Å². The van der Waals surface area contributed by atoms with Crippen molar-refractivity contribution in [2.24, 2.45) is 23.2 Å². The van der Waals surface area contributed by atoms with Crippen LogP contribution in [-0.4, -0.2) is 42.6 Å². The number of alkyl halides is 3. The molecule has 2 heterocycles. The second kappa shape index (κ2) is 8.84. The minimum absolute atomic E-state index is 0.0939. The molecule has 4 aliphatic carbocycles. The SMILES string of the molecule is COc1ccc(C2CC(C(F)(F)F)n3ncc(C(=O)NCC45CC6CC(CC(C6)C4)C5)c3N2)cc1OC. The molecule has 7 nitrogen and oxygen atoms in total. The van der Waals surface area contributed by atoms with Crippen LogP contribution in [0, 0.1) is 23.2 Å². The molecule has 0 saturated heterocycles. The van der Waals surface area contributed by atoms with Crippen LogP contribution in [0.3, 0.4) is 0 Å². The van der Waals surface area contributed by atoms with E-state index in [4.69, 9.17) is 9.47 Å². The number of carbonyl (C=O) groups excluding carboxylic acids is 1. The summed E-state index contributed by atoms with van der Waals surface area (Å²) >= 11 is 0. The zero-order chi connectivity index (χ0) is 25.9. The van der Waals surface area contributed by atoms with Gasteiger partial charge in [-0.3, -0.25) is 4.79 Å². The number of hydrogen-bond acceptors (Lipinski definition) is 5. The highest BCUT2D eigenvalue weighted by atomic mass is 19.4. The summed E-state index contributed by atoms with van der Waals surface area (Å²) in [5.74, 6) is 2.90. The van der Waals surface area contributed by atoms with Crippen molar-refractivity contribution < 1.29 is 27.4 Å². The Bertz CT molecular complexity index is 1160. The van der Waals surface area contributed by atoms with Crippen molar-refractivity contribution in [3.63, 3.8) is 0 Å². The molecule has 1 aromatic carbocycles. The van der Waals surface area contributed by atoms with Gasteiger partial charge in [-0.1, -0.05) is 6.07 Å². The first kappa shape index (κ1) is 24.4. The molecule has 4 saturated carbocycles. The van der Waals surface area contributed by atoms with Crippen molar-refractivity contribution in [1.82, 2.24) is 15.1 Å². The molecule has 1 amide bonds. The number of rotatable bonds is 6. The highest BCUT2D eigenvalue weighted by Gasteiger charge is 2.51. The van der Waals surface area contributed by atoms with E-state index in [1.54, 1.807) is 18.2 Å². The molecule has 5 aliphatic rings. The maximum absolute atomic E-state index is 14.1. The number of aromatic nitrogens is 2. The normalized spacial score (nSPS) is 32.0. The molecule has 0 radical (unpaired) electrons. The van der Waals surface area contributed by atoms with E-state index in [9.17, 15) is 18.0 Å². The van der Waals surface area contributed by atoms with E-state index >= 15 is 0 Å². The van der Waals surface area contributed by atoms with Crippen molar-refractivity contribution in [1.29, 1.82) is 0 Å². The zero-order valence-electron chi connectivity index (χ0n) is 21.1. The lowest BCUT2D eigenvalue weighted by molar-refractivity contribution is -0.173. The quantitative estimate of drug-likeness (QED) is 0.528. The summed E-state index contributed by atoms with van der Waals surface area (Å²) in [6.45, 7) is 0.571. The first-order valence-electron chi connectivity index (χ1n) is 13.1. The lowest BCUT2D eigenvalue weighted by atomic mass is 9.49. The lowest BCUT2D eigenvalue weighted by Crippen LogP contribution is -2.51. The zero-order valence-corrected chi connectivity index (χ0v) is 21.1. The topological polar surface area (TPSA) is 77.4 Å². The first-order chi connectivity index (χ1) is 17.7. The number of fused-ring (bicyclic) bond motifs is 1. The van der Waals surface area contributed by atoms with E-state index in [1.807, 2.05) is 0 Å². The van der Waals surface area contributed by atoms with E-state index in [-0.39, 0.29) is 29.1 Å². The van der Waals surface area contributed by atoms with Crippen LogP contribution in [-0.2, 0) is 0 Å². The Balaban J connectivity index is 1.25. The molecule has 10 heteroatoms. The molecule has 2 atom stereocenters. The largest absolute Gasteiger partial charge is 0.493 e. The van der Waals surface area contributed by atoms with Crippen LogP contribution in [0.25, 0.3) is 0 Å². The summed E-state index contributed by atoms with van der Waals surface area (Å²) in [4.78, 5) is 13.3. The molecule has 2 N–H and O–H groups in total. The summed E-state index contributed by atoms with van der Waals surface area (Å²) in [7, 11) is 2.98. The minimum Gasteiger partial charge on any atom is -0.493 e. The van der Waals surface area contributed by atoms with Gasteiger partial charge in [-0.25, -0.2) is 4.68 Å². The maximum Gasteiger partial charge on any atom is 0.410 e. The van der Waals surface area contributed by atoms with Crippen LogP contribution >= 0.6 is 0 Å². The number of benzene rings is 1. The molecule has 0 spiro atoms. The molecule has 2 unspecified atom stereocenters. The highest BCUT2D eigenvalue weighted by molar-refractivity contribution is 5.99. The second-order valence-electron chi connectivity index (χ2n) is 11.6. The molecule has 7 rings (SSSR count). The average molecular weight is 519 g/mol. The standard InChI is InChI=1S/C27H33F3N4O3/c1-36-21-4-3-18(8-22(21)37-2)20-9-23(27(28,29)30)34-24(33-20)19(13-32-34)25(35)31-14-26-10-15-5-16(11-26)7-17(6-15)12-26/h3-4,8,13,15-17,20,23,33H,5-7,9-12,14H2,1-2H3,(H,31,35). The molecule has 4 bridgehead atoms. The van der Waals surface area contributed by atoms with Gasteiger partial charge in [0.15, 0.2) is 17.5 Å². The van der Waals surface area contributed by atoms with Gasteiger partial charge in [-0.15, -0.1) is 0 Å². The number of anilines is 1. The molecular weight excluding hydrogens is 485 g/mol. The van der Waals surface area contributed by atoms with E-state index in [0.717, 1.165) is 41.7 Å². The molecule has 37 heavy (non-hydrogen) atoms. The fraction of sp³-hybridized carbons (Fsp3) is 0.630. The Morgan fingerprint density at radius 3 is 2.32 bits per heavy atom. The maximum atomic E-state index is 14.1. The predicted octanol–water partition coefficient (Wildman–Crippen LogP) is 5.51. The summed E-state index contributed by atoms with van der Waals surface area (Å²) < 4.78 is 53.9. The highest BCUT2D eigenvalue weighted by Crippen LogP contribution is 2.59. The first-order valence-corrected chi connectivity index (χ1v) is 13.1. The van der Waals surface area contributed by atoms with E-state index in [0.29, 0.717) is 23.6 Å². The third kappa shape index (κ3) is 4.32. The number of nitrogens with one attached hydrogen (secondary N) is 2. The summed E-state index contributed by atoms with van der Waals surface area (Å²) in [5, 5.41) is 10.3. The van der Waals surface area contributed by atoms with E-state index in [2.05, 4.69) is 15.7 Å². The van der Waals surface area contributed by atoms with Gasteiger partial charge in [-0.2, -0.15) is 18.3 Å². The Morgan fingerprint density at radius 1 is 1.08 bits per heavy atom. The van der Waals surface area contributed by atoms with Crippen molar-refractivity contribution in [2.45, 2.75) is 63.2 Å². The Labute approximate surface area is 214 Å². The van der Waals surface area contributed by atoms with Crippen LogP contribution in [0.5, 0.6) is 11.5 Å². The van der Waals surface area contributed by atoms with Gasteiger partial charge in [0.05, 0.1) is 26.5 Å². The predicted molar refractivity (Wildman–Crippen MR) is 131 cm³/mol. The Morgan fingerprint density at radius 2 is 1.73 bits per heavy atom. The van der Waals surface area contributed by atoms with Crippen LogP contribution < -0.4 is 20.1 Å². The number of hydrogen-bond donors (Lipinski definition) is 2. The fourth-order valence-electron chi connectivity index (χ4n) is 7.89. The number of methoxy groups -OCH3 is 2. The van der Waals surface area contributed by atoms with E-state index < -0.39 is 18.3 Å². The molecule has 200 valence electrons. The van der Waals surface area contributed by atoms with Crippen molar-refractivity contribution in [3.8, 4) is 11.5 Å². The Kier molecular flexibility index (Phi) is 5.84. The van der Waals surface area contributed by atoms with Gasteiger partial charge < -0.3 is 20.1 Å². The Hall–Kier alpha value is -2.91. The van der Waals surface area contributed by atoms with Crippen LogP contribution in [0.2, 0.25) is 0 Å². The average Bonchev–Trinajstić information content (AvgIpc) is 3.29. The number of nitrogens with zero attached hydrogens (tertiary/aromatic N) is 2. The summed E-state index contributed by atoms with van der Waals surface area (Å²) in [6.07, 6.45) is 3.82. The van der Waals surface area contributed by atoms with E-state index in [1.165, 1.54) is 39.7 Å². The molecule has 4 fully saturated rings. The van der Waals surface area contributed by atoms with Gasteiger partial charge in [0.2, 0.25) is 0 Å². The summed E-state index contributed by atoms with van der Waals surface area (Å²) in [5.41, 5.74) is 0.880. The monoisotopic (exact) mass is 518 g/mol. The number of amides is 1. The minimum atomic E-state index is -4.52. The molecular formula is C27H33F3N4O3. The van der Waals surface area contributed by atoms with Crippen LogP contribution in [0.1, 0.15) is 73.0 Å². The van der Waals surface area contributed by atoms with Crippen LogP contribution in [0.15, 0.2) is 24.4 Å². The second-order valence-corrected chi connectivity index (χ2v) is 11.6. The molecule has 1 aromatic heterocycles. The van der Waals surface area contributed by atoms with Gasteiger partial charge in [-0.05, 0) is 79.4 Å². The number of halogens is 3.